The van der Waals surface area contributed by atoms with Gasteiger partial charge in [0.2, 0.25) is 12.4 Å². The minimum absolute atomic E-state index is 0.0184. The van der Waals surface area contributed by atoms with Gasteiger partial charge in [-0.15, -0.1) is 0 Å². The smallest absolute Gasteiger partial charge is 0.303 e. The molecule has 1 aromatic carbocycles. The summed E-state index contributed by atoms with van der Waals surface area (Å²) in [5, 5.41) is 0.292. The second kappa shape index (κ2) is 11.5. The maximum absolute atomic E-state index is 11.8. The van der Waals surface area contributed by atoms with Crippen molar-refractivity contribution in [2.24, 2.45) is 0 Å². The van der Waals surface area contributed by atoms with Gasteiger partial charge in [-0.1, -0.05) is 23.2 Å². The molecule has 12 heteroatoms. The third-order valence-electron chi connectivity index (χ3n) is 4.32. The van der Waals surface area contributed by atoms with Crippen molar-refractivity contribution in [2.45, 2.75) is 65.3 Å². The van der Waals surface area contributed by atoms with Crippen LogP contribution in [0.5, 0.6) is 5.75 Å². The summed E-state index contributed by atoms with van der Waals surface area (Å²) in [5.41, 5.74) is 0.763. The minimum Gasteiger partial charge on any atom is -0.463 e. The number of benzene rings is 1. The van der Waals surface area contributed by atoms with Crippen LogP contribution in [0.2, 0.25) is 10.0 Å². The van der Waals surface area contributed by atoms with Gasteiger partial charge in [0.15, 0.2) is 18.0 Å². The molecule has 1 heterocycles. The van der Waals surface area contributed by atoms with Gasteiger partial charge in [0.1, 0.15) is 12.7 Å². The number of rotatable bonds is 7. The largest absolute Gasteiger partial charge is 0.463 e. The van der Waals surface area contributed by atoms with Gasteiger partial charge >= 0.3 is 23.9 Å². The van der Waals surface area contributed by atoms with Crippen LogP contribution in [0.1, 0.15) is 33.3 Å². The van der Waals surface area contributed by atoms with E-state index < -0.39 is 54.6 Å². The lowest BCUT2D eigenvalue weighted by Crippen LogP contribution is -2.63. The molecule has 2 rings (SSSR count). The average molecular weight is 507 g/mol. The molecule has 1 saturated heterocycles. The van der Waals surface area contributed by atoms with Crippen LogP contribution in [0.15, 0.2) is 12.1 Å². The Morgan fingerprint density at radius 2 is 1.30 bits per heavy atom. The highest BCUT2D eigenvalue weighted by molar-refractivity contribution is 6.37. The summed E-state index contributed by atoms with van der Waals surface area (Å²) >= 11 is 12.5. The number of carbonyl (C=O) groups excluding carboxylic acids is 4. The molecule has 0 aliphatic carbocycles. The number of hydrogen-bond donors (Lipinski definition) is 0. The highest BCUT2D eigenvalue weighted by Crippen LogP contribution is 2.38. The zero-order chi connectivity index (χ0) is 24.9. The van der Waals surface area contributed by atoms with Crippen molar-refractivity contribution in [2.75, 3.05) is 6.61 Å². The molecule has 0 radical (unpaired) electrons. The molecular weight excluding hydrogens is 483 g/mol. The van der Waals surface area contributed by atoms with Gasteiger partial charge in [-0.05, 0) is 24.6 Å². The van der Waals surface area contributed by atoms with Crippen molar-refractivity contribution in [1.29, 1.82) is 0 Å². The lowest BCUT2D eigenvalue weighted by atomic mass is 9.98. The van der Waals surface area contributed by atoms with E-state index in [-0.39, 0.29) is 22.4 Å². The fraction of sp³-hybridized carbons (Fsp3) is 0.524. The van der Waals surface area contributed by atoms with Crippen LogP contribution in [-0.4, -0.2) is 61.2 Å². The van der Waals surface area contributed by atoms with Crippen molar-refractivity contribution < 1.29 is 47.6 Å². The molecule has 182 valence electrons. The van der Waals surface area contributed by atoms with Gasteiger partial charge in [-0.25, -0.2) is 0 Å². The number of esters is 4. The van der Waals surface area contributed by atoms with Crippen LogP contribution in [0.3, 0.4) is 0 Å². The molecule has 5 atom stereocenters. The number of aryl methyl sites for hydroxylation is 1. The zero-order valence-electron chi connectivity index (χ0n) is 18.6. The number of carbonyl (C=O) groups is 4. The predicted molar refractivity (Wildman–Crippen MR) is 114 cm³/mol. The standard InChI is InChI=1S/C21H24Cl2O10/c1-9-6-14(22)17(15(23)7-9)33-21-20(31-13(5)27)19(30-12(4)26)18(29-11(3)25)16(32-21)8-28-10(2)24/h6-7,16,18-21H,8H2,1-5H3. The molecule has 1 fully saturated rings. The van der Waals surface area contributed by atoms with E-state index in [1.807, 2.05) is 0 Å². The van der Waals surface area contributed by atoms with E-state index in [1.54, 1.807) is 19.1 Å². The Morgan fingerprint density at radius 3 is 1.79 bits per heavy atom. The molecular formula is C21H24Cl2O10. The Kier molecular flexibility index (Phi) is 9.33. The fourth-order valence-corrected chi connectivity index (χ4v) is 3.88. The molecule has 5 unspecified atom stereocenters. The van der Waals surface area contributed by atoms with E-state index in [9.17, 15) is 19.2 Å². The van der Waals surface area contributed by atoms with Crippen molar-refractivity contribution in [3.05, 3.63) is 27.7 Å². The maximum Gasteiger partial charge on any atom is 0.303 e. The second-order valence-corrected chi connectivity index (χ2v) is 8.06. The van der Waals surface area contributed by atoms with Crippen LogP contribution in [-0.2, 0) is 42.9 Å². The van der Waals surface area contributed by atoms with E-state index in [2.05, 4.69) is 0 Å². The van der Waals surface area contributed by atoms with Crippen molar-refractivity contribution in [3.8, 4) is 5.75 Å². The molecule has 0 bridgehead atoms. The Balaban J connectivity index is 2.52. The fourth-order valence-electron chi connectivity index (χ4n) is 3.20. The van der Waals surface area contributed by atoms with Gasteiger partial charge in [0.05, 0.1) is 10.0 Å². The van der Waals surface area contributed by atoms with Crippen LogP contribution in [0.4, 0.5) is 0 Å². The van der Waals surface area contributed by atoms with E-state index in [4.69, 9.17) is 51.6 Å². The molecule has 0 saturated carbocycles. The van der Waals surface area contributed by atoms with Gasteiger partial charge in [0, 0.05) is 27.7 Å². The van der Waals surface area contributed by atoms with E-state index in [0.717, 1.165) is 26.3 Å². The predicted octanol–water partition coefficient (Wildman–Crippen LogP) is 2.76. The quantitative estimate of drug-likeness (QED) is 0.402. The van der Waals surface area contributed by atoms with Gasteiger partial charge in [0.25, 0.3) is 0 Å². The Hall–Kier alpha value is -2.56. The Labute approximate surface area is 200 Å². The maximum atomic E-state index is 11.8. The van der Waals surface area contributed by atoms with Crippen LogP contribution in [0.25, 0.3) is 0 Å². The summed E-state index contributed by atoms with van der Waals surface area (Å²) in [4.78, 5) is 46.8. The first-order valence-corrected chi connectivity index (χ1v) is 10.6. The lowest BCUT2D eigenvalue weighted by molar-refractivity contribution is -0.288. The molecule has 0 N–H and O–H groups in total. The van der Waals surface area contributed by atoms with E-state index >= 15 is 0 Å². The SMILES string of the molecule is CC(=O)OCC1OC(Oc2c(Cl)cc(C)cc2Cl)C(OC(C)=O)C(OC(C)=O)C1OC(C)=O. The average Bonchev–Trinajstić information content (AvgIpc) is 2.66. The molecule has 0 spiro atoms. The van der Waals surface area contributed by atoms with Gasteiger partial charge in [-0.2, -0.15) is 0 Å². The molecule has 1 aliphatic heterocycles. The zero-order valence-corrected chi connectivity index (χ0v) is 20.1. The number of ether oxygens (including phenoxy) is 6. The molecule has 1 aliphatic rings. The van der Waals surface area contributed by atoms with Crippen molar-refractivity contribution in [3.63, 3.8) is 0 Å². The highest BCUT2D eigenvalue weighted by atomic mass is 35.5. The molecule has 0 aromatic heterocycles. The summed E-state index contributed by atoms with van der Waals surface area (Å²) < 4.78 is 32.7. The first-order chi connectivity index (χ1) is 15.4. The molecule has 0 amide bonds. The Bertz CT molecular complexity index is 895. The summed E-state index contributed by atoms with van der Waals surface area (Å²) in [6, 6.07) is 3.18. The first kappa shape index (κ1) is 26.7. The summed E-state index contributed by atoms with van der Waals surface area (Å²) in [6.07, 6.45) is -6.63. The highest BCUT2D eigenvalue weighted by Gasteiger charge is 2.53. The van der Waals surface area contributed by atoms with Crippen molar-refractivity contribution >= 4 is 47.1 Å². The summed E-state index contributed by atoms with van der Waals surface area (Å²) in [5.74, 6) is -2.86. The third kappa shape index (κ3) is 7.48. The third-order valence-corrected chi connectivity index (χ3v) is 4.89. The second-order valence-electron chi connectivity index (χ2n) is 7.24. The molecule has 33 heavy (non-hydrogen) atoms. The van der Waals surface area contributed by atoms with Crippen LogP contribution >= 0.6 is 23.2 Å². The van der Waals surface area contributed by atoms with E-state index in [0.29, 0.717) is 0 Å². The number of halogens is 2. The van der Waals surface area contributed by atoms with Crippen LogP contribution in [0, 0.1) is 6.92 Å². The number of hydrogen-bond acceptors (Lipinski definition) is 10. The Morgan fingerprint density at radius 1 is 0.818 bits per heavy atom. The summed E-state index contributed by atoms with van der Waals surface area (Å²) in [6.45, 7) is 5.94. The van der Waals surface area contributed by atoms with Gasteiger partial charge in [-0.3, -0.25) is 19.2 Å². The molecule has 1 aromatic rings. The van der Waals surface area contributed by atoms with E-state index in [1.165, 1.54) is 6.92 Å². The monoisotopic (exact) mass is 506 g/mol. The minimum atomic E-state index is -1.43. The van der Waals surface area contributed by atoms with Gasteiger partial charge < -0.3 is 28.4 Å². The topological polar surface area (TPSA) is 124 Å². The summed E-state index contributed by atoms with van der Waals surface area (Å²) in [7, 11) is 0. The normalized spacial score (nSPS) is 24.4. The molecule has 10 nitrogen and oxygen atoms in total. The van der Waals surface area contributed by atoms with Crippen molar-refractivity contribution in [1.82, 2.24) is 0 Å². The van der Waals surface area contributed by atoms with Crippen LogP contribution < -0.4 is 4.74 Å². The lowest BCUT2D eigenvalue weighted by Gasteiger charge is -2.44. The first-order valence-electron chi connectivity index (χ1n) is 9.81.